The summed E-state index contributed by atoms with van der Waals surface area (Å²) in [6.45, 7) is 0. The Morgan fingerprint density at radius 1 is 0.208 bits per heavy atom. The van der Waals surface area contributed by atoms with Crippen LogP contribution in [0.3, 0.4) is 0 Å². The molecule has 0 spiro atoms. The quantitative estimate of drug-likeness (QED) is 0.171. The fourth-order valence-corrected chi connectivity index (χ4v) is 7.44. The van der Waals surface area contributed by atoms with Crippen LogP contribution >= 0.6 is 0 Å². The summed E-state index contributed by atoms with van der Waals surface area (Å²) in [5.41, 5.74) is 12.4. The minimum Gasteiger partial charge on any atom is -0.0622 e. The molecule has 0 aliphatic carbocycles. The van der Waals surface area contributed by atoms with Gasteiger partial charge in [-0.1, -0.05) is 188 Å². The SMILES string of the molecule is c1ccc(-c2ccc(-c3ccccc3-c3c4ccccc4c(-c4ccccc4-c4ccc5ccccc5c4)c4ccccc34)cc2)cc1. The fraction of sp³-hybridized carbons (Fsp3) is 0. The van der Waals surface area contributed by atoms with E-state index in [-0.39, 0.29) is 0 Å². The summed E-state index contributed by atoms with van der Waals surface area (Å²) in [4.78, 5) is 0. The van der Waals surface area contributed by atoms with Gasteiger partial charge in [0.25, 0.3) is 0 Å². The minimum atomic E-state index is 1.21. The molecule has 0 radical (unpaired) electrons. The molecule has 0 amide bonds. The maximum absolute atomic E-state index is 2.33. The summed E-state index contributed by atoms with van der Waals surface area (Å²) in [6, 6.07) is 70.7. The van der Waals surface area contributed by atoms with Crippen LogP contribution < -0.4 is 0 Å². The second-order valence-corrected chi connectivity index (χ2v) is 12.4. The van der Waals surface area contributed by atoms with E-state index in [2.05, 4.69) is 194 Å². The van der Waals surface area contributed by atoms with Crippen LogP contribution in [0.5, 0.6) is 0 Å². The Kier molecular flexibility index (Phi) is 6.91. The van der Waals surface area contributed by atoms with Crippen molar-refractivity contribution < 1.29 is 0 Å². The summed E-state index contributed by atoms with van der Waals surface area (Å²) >= 11 is 0. The van der Waals surface area contributed by atoms with E-state index < -0.39 is 0 Å². The highest BCUT2D eigenvalue weighted by molar-refractivity contribution is 6.23. The van der Waals surface area contributed by atoms with Crippen molar-refractivity contribution in [1.82, 2.24) is 0 Å². The smallest absolute Gasteiger partial charge is 0.00201 e. The van der Waals surface area contributed by atoms with Gasteiger partial charge in [0.05, 0.1) is 0 Å². The summed E-state index contributed by atoms with van der Waals surface area (Å²) in [6.07, 6.45) is 0. The summed E-state index contributed by atoms with van der Waals surface area (Å²) in [5.74, 6) is 0. The van der Waals surface area contributed by atoms with Gasteiger partial charge in [0, 0.05) is 0 Å². The number of rotatable bonds is 5. The highest BCUT2D eigenvalue weighted by Gasteiger charge is 2.20. The molecule has 0 nitrogen and oxygen atoms in total. The van der Waals surface area contributed by atoms with Crippen LogP contribution in [0.15, 0.2) is 194 Å². The van der Waals surface area contributed by atoms with Crippen LogP contribution in [-0.4, -0.2) is 0 Å². The standard InChI is InChI=1S/C48H32/c1-2-14-33(15-3-1)35-26-29-36(30-27-35)39-18-6-8-20-41(39)47-43-22-10-12-24-45(43)48(46-25-13-11-23-44(46)47)42-21-9-7-19-40(42)38-31-28-34-16-4-5-17-37(34)32-38/h1-32H. The molecule has 0 aromatic heterocycles. The molecule has 0 N–H and O–H groups in total. The lowest BCUT2D eigenvalue weighted by Crippen LogP contribution is -1.94. The zero-order chi connectivity index (χ0) is 31.9. The molecule has 0 atom stereocenters. The molecule has 0 aliphatic rings. The highest BCUT2D eigenvalue weighted by Crippen LogP contribution is 2.48. The Morgan fingerprint density at radius 3 is 1.15 bits per heavy atom. The van der Waals surface area contributed by atoms with E-state index in [0.29, 0.717) is 0 Å². The fourth-order valence-electron chi connectivity index (χ4n) is 7.44. The molecule has 0 saturated heterocycles. The van der Waals surface area contributed by atoms with Crippen LogP contribution in [0.2, 0.25) is 0 Å². The Morgan fingerprint density at radius 2 is 0.583 bits per heavy atom. The van der Waals surface area contributed by atoms with Crippen LogP contribution in [0.25, 0.3) is 88.0 Å². The monoisotopic (exact) mass is 608 g/mol. The Labute approximate surface area is 281 Å². The van der Waals surface area contributed by atoms with Crippen molar-refractivity contribution >= 4 is 32.3 Å². The molecule has 48 heavy (non-hydrogen) atoms. The Bertz CT molecular complexity index is 2530. The zero-order valence-electron chi connectivity index (χ0n) is 26.5. The van der Waals surface area contributed by atoms with E-state index >= 15 is 0 Å². The van der Waals surface area contributed by atoms with Crippen LogP contribution in [-0.2, 0) is 0 Å². The van der Waals surface area contributed by atoms with Crippen molar-refractivity contribution in [2.24, 2.45) is 0 Å². The zero-order valence-corrected chi connectivity index (χ0v) is 26.5. The molecule has 9 aromatic carbocycles. The molecule has 224 valence electrons. The molecule has 0 heteroatoms. The van der Waals surface area contributed by atoms with Gasteiger partial charge in [-0.25, -0.2) is 0 Å². The first-order valence-corrected chi connectivity index (χ1v) is 16.6. The number of benzene rings is 9. The maximum atomic E-state index is 2.33. The average Bonchev–Trinajstić information content (AvgIpc) is 3.17. The van der Waals surface area contributed by atoms with Crippen molar-refractivity contribution in [1.29, 1.82) is 0 Å². The lowest BCUT2D eigenvalue weighted by Gasteiger charge is -2.21. The first kappa shape index (κ1) is 28.0. The van der Waals surface area contributed by atoms with Crippen molar-refractivity contribution in [2.75, 3.05) is 0 Å². The summed E-state index contributed by atoms with van der Waals surface area (Å²) < 4.78 is 0. The van der Waals surface area contributed by atoms with Gasteiger partial charge in [0.1, 0.15) is 0 Å². The summed E-state index contributed by atoms with van der Waals surface area (Å²) in [5, 5.41) is 7.54. The van der Waals surface area contributed by atoms with Crippen molar-refractivity contribution in [3.8, 4) is 55.6 Å². The van der Waals surface area contributed by atoms with Gasteiger partial charge in [-0.05, 0) is 94.0 Å². The van der Waals surface area contributed by atoms with Crippen molar-refractivity contribution in [2.45, 2.75) is 0 Å². The molecule has 9 rings (SSSR count). The molecule has 9 aromatic rings. The van der Waals surface area contributed by atoms with E-state index in [1.165, 1.54) is 88.0 Å². The highest BCUT2D eigenvalue weighted by atomic mass is 14.2. The predicted molar refractivity (Wildman–Crippen MR) is 206 cm³/mol. The predicted octanol–water partition coefficient (Wildman–Crippen LogP) is 13.5. The maximum Gasteiger partial charge on any atom is -0.00201 e. The Hall–Kier alpha value is -6.24. The topological polar surface area (TPSA) is 0 Å². The lowest BCUT2D eigenvalue weighted by atomic mass is 9.82. The molecule has 0 bridgehead atoms. The van der Waals surface area contributed by atoms with E-state index in [0.717, 1.165) is 0 Å². The van der Waals surface area contributed by atoms with Gasteiger partial charge in [-0.3, -0.25) is 0 Å². The number of fused-ring (bicyclic) bond motifs is 3. The van der Waals surface area contributed by atoms with Crippen molar-refractivity contribution in [3.63, 3.8) is 0 Å². The molecule has 0 aliphatic heterocycles. The molecule has 0 heterocycles. The van der Waals surface area contributed by atoms with Gasteiger partial charge in [0.2, 0.25) is 0 Å². The lowest BCUT2D eigenvalue weighted by molar-refractivity contribution is 1.58. The van der Waals surface area contributed by atoms with Gasteiger partial charge in [-0.2, -0.15) is 0 Å². The largest absolute Gasteiger partial charge is 0.0622 e. The Balaban J connectivity index is 1.28. The number of hydrogen-bond acceptors (Lipinski definition) is 0. The van der Waals surface area contributed by atoms with E-state index in [4.69, 9.17) is 0 Å². The molecular formula is C48H32. The first-order valence-electron chi connectivity index (χ1n) is 16.6. The third-order valence-corrected chi connectivity index (χ3v) is 9.69. The van der Waals surface area contributed by atoms with E-state index in [1.807, 2.05) is 0 Å². The molecule has 0 fully saturated rings. The molecule has 0 saturated carbocycles. The first-order chi connectivity index (χ1) is 23.8. The van der Waals surface area contributed by atoms with Crippen LogP contribution in [0, 0.1) is 0 Å². The minimum absolute atomic E-state index is 1.21. The van der Waals surface area contributed by atoms with E-state index in [9.17, 15) is 0 Å². The number of hydrogen-bond donors (Lipinski definition) is 0. The van der Waals surface area contributed by atoms with Gasteiger partial charge in [-0.15, -0.1) is 0 Å². The van der Waals surface area contributed by atoms with Crippen molar-refractivity contribution in [3.05, 3.63) is 194 Å². The second-order valence-electron chi connectivity index (χ2n) is 12.4. The average molecular weight is 609 g/mol. The molecule has 0 unspecified atom stereocenters. The molecular weight excluding hydrogens is 577 g/mol. The second kappa shape index (κ2) is 11.8. The summed E-state index contributed by atoms with van der Waals surface area (Å²) in [7, 11) is 0. The van der Waals surface area contributed by atoms with Crippen LogP contribution in [0.1, 0.15) is 0 Å². The van der Waals surface area contributed by atoms with Gasteiger partial charge < -0.3 is 0 Å². The third kappa shape index (κ3) is 4.78. The van der Waals surface area contributed by atoms with Gasteiger partial charge in [0.15, 0.2) is 0 Å². The van der Waals surface area contributed by atoms with Gasteiger partial charge >= 0.3 is 0 Å². The van der Waals surface area contributed by atoms with E-state index in [1.54, 1.807) is 0 Å². The third-order valence-electron chi connectivity index (χ3n) is 9.69. The van der Waals surface area contributed by atoms with Crippen LogP contribution in [0.4, 0.5) is 0 Å². The normalized spacial score (nSPS) is 11.3.